The van der Waals surface area contributed by atoms with E-state index in [1.165, 1.54) is 37.8 Å². The second kappa shape index (κ2) is 11.2. The normalized spacial score (nSPS) is 16.7. The molecule has 1 aliphatic heterocycles. The molecule has 1 aliphatic rings. The van der Waals surface area contributed by atoms with Crippen molar-refractivity contribution in [1.82, 2.24) is 14.5 Å². The van der Waals surface area contributed by atoms with Gasteiger partial charge in [-0.05, 0) is 82.0 Å². The van der Waals surface area contributed by atoms with Crippen molar-refractivity contribution in [1.29, 1.82) is 0 Å². The maximum atomic E-state index is 13.1. The van der Waals surface area contributed by atoms with Gasteiger partial charge >= 0.3 is 0 Å². The molecule has 2 heterocycles. The number of aryl methyl sites for hydroxylation is 1. The maximum absolute atomic E-state index is 13.1. The summed E-state index contributed by atoms with van der Waals surface area (Å²) < 4.78 is 1.95. The van der Waals surface area contributed by atoms with E-state index in [9.17, 15) is 9.59 Å². The van der Waals surface area contributed by atoms with Crippen LogP contribution < -0.4 is 5.56 Å². The lowest BCUT2D eigenvalue weighted by atomic mass is 9.99. The molecule has 1 unspecified atom stereocenters. The number of nitrogens with zero attached hydrogens (tertiary/aromatic N) is 2. The number of likely N-dealkylation sites (tertiary alicyclic amines) is 1. The quantitative estimate of drug-likeness (QED) is 0.232. The third-order valence-electron chi connectivity index (χ3n) is 7.08. The number of Topliss-reactive ketones (excluding diaryl/α,β-unsaturated/α-hetero) is 1. The predicted octanol–water partition coefficient (Wildman–Crippen LogP) is 6.03. The number of carbonyl (C=O) groups excluding carboxylic acids is 1. The molecule has 34 heavy (non-hydrogen) atoms. The number of aromatic nitrogens is 2. The Morgan fingerprint density at radius 2 is 1.91 bits per heavy atom. The highest BCUT2D eigenvalue weighted by molar-refractivity contribution is 7.71. The zero-order chi connectivity index (χ0) is 24.1. The van der Waals surface area contributed by atoms with Gasteiger partial charge in [-0.15, -0.1) is 0 Å². The van der Waals surface area contributed by atoms with E-state index in [4.69, 9.17) is 12.2 Å². The Bertz CT molecular complexity index is 1260. The summed E-state index contributed by atoms with van der Waals surface area (Å²) in [6.45, 7) is 7.00. The van der Waals surface area contributed by atoms with Gasteiger partial charge in [0.1, 0.15) is 0 Å². The molecule has 1 fully saturated rings. The number of rotatable bonds is 9. The van der Waals surface area contributed by atoms with Crippen LogP contribution in [0.1, 0.15) is 73.4 Å². The first-order valence-corrected chi connectivity index (χ1v) is 13.0. The Kier molecular flexibility index (Phi) is 8.11. The molecule has 1 N–H and O–H groups in total. The minimum absolute atomic E-state index is 0.121. The van der Waals surface area contributed by atoms with Crippen molar-refractivity contribution < 1.29 is 4.79 Å². The van der Waals surface area contributed by atoms with E-state index in [1.54, 1.807) is 22.8 Å². The number of aromatic amines is 1. The van der Waals surface area contributed by atoms with Crippen LogP contribution in [0.25, 0.3) is 10.9 Å². The van der Waals surface area contributed by atoms with Gasteiger partial charge in [0, 0.05) is 18.0 Å². The molecule has 0 aliphatic carbocycles. The summed E-state index contributed by atoms with van der Waals surface area (Å²) in [5.74, 6) is 0.121. The van der Waals surface area contributed by atoms with Crippen molar-refractivity contribution in [2.24, 2.45) is 0 Å². The SMILES string of the molecule is CCC1CCCCN1CCCCC(=O)c1ccc2c(=O)n(Cc3ccc(C)cc3)c(=S)[nH]c2c1. The van der Waals surface area contributed by atoms with Gasteiger partial charge in [-0.25, -0.2) is 0 Å². The van der Waals surface area contributed by atoms with E-state index >= 15 is 0 Å². The molecule has 1 atom stereocenters. The van der Waals surface area contributed by atoms with Crippen molar-refractivity contribution in [2.45, 2.75) is 71.4 Å². The van der Waals surface area contributed by atoms with Gasteiger partial charge in [-0.2, -0.15) is 0 Å². The number of piperidine rings is 1. The largest absolute Gasteiger partial charge is 0.332 e. The molecule has 4 rings (SSSR count). The van der Waals surface area contributed by atoms with Gasteiger partial charge in [0.05, 0.1) is 17.4 Å². The van der Waals surface area contributed by atoms with Crippen LogP contribution in [0.15, 0.2) is 47.3 Å². The van der Waals surface area contributed by atoms with Gasteiger partial charge in [-0.1, -0.05) is 49.2 Å². The van der Waals surface area contributed by atoms with Gasteiger partial charge < -0.3 is 9.88 Å². The van der Waals surface area contributed by atoms with Crippen molar-refractivity contribution in [2.75, 3.05) is 13.1 Å². The van der Waals surface area contributed by atoms with Gasteiger partial charge in [0.25, 0.3) is 5.56 Å². The van der Waals surface area contributed by atoms with Crippen LogP contribution in [-0.4, -0.2) is 39.4 Å². The first-order valence-electron chi connectivity index (χ1n) is 12.6. The molecule has 0 saturated carbocycles. The highest BCUT2D eigenvalue weighted by Crippen LogP contribution is 2.20. The number of carbonyl (C=O) groups is 1. The molecular weight excluding hydrogens is 442 g/mol. The molecule has 1 saturated heterocycles. The molecule has 0 spiro atoms. The molecule has 0 radical (unpaired) electrons. The third-order valence-corrected chi connectivity index (χ3v) is 7.41. The van der Waals surface area contributed by atoms with Crippen molar-refractivity contribution in [3.63, 3.8) is 0 Å². The zero-order valence-electron chi connectivity index (χ0n) is 20.3. The number of benzene rings is 2. The summed E-state index contributed by atoms with van der Waals surface area (Å²) >= 11 is 5.49. The lowest BCUT2D eigenvalue weighted by Gasteiger charge is -2.35. The Balaban J connectivity index is 1.41. The number of ketones is 1. The summed E-state index contributed by atoms with van der Waals surface area (Å²) in [5.41, 5.74) is 3.32. The summed E-state index contributed by atoms with van der Waals surface area (Å²) in [7, 11) is 0. The van der Waals surface area contributed by atoms with Gasteiger partial charge in [-0.3, -0.25) is 14.2 Å². The van der Waals surface area contributed by atoms with Gasteiger partial charge in [0.2, 0.25) is 0 Å². The molecule has 3 aromatic rings. The average Bonchev–Trinajstić information content (AvgIpc) is 2.85. The smallest absolute Gasteiger partial charge is 0.262 e. The van der Waals surface area contributed by atoms with E-state index in [1.807, 2.05) is 31.2 Å². The Hall–Kier alpha value is -2.57. The van der Waals surface area contributed by atoms with Crippen LogP contribution in [0.2, 0.25) is 0 Å². The van der Waals surface area contributed by atoms with Gasteiger partial charge in [0.15, 0.2) is 10.6 Å². The number of fused-ring (bicyclic) bond motifs is 1. The van der Waals surface area contributed by atoms with Crippen LogP contribution in [0.3, 0.4) is 0 Å². The van der Waals surface area contributed by atoms with Crippen molar-refractivity contribution in [3.05, 3.63) is 74.3 Å². The summed E-state index contributed by atoms with van der Waals surface area (Å²) in [6.07, 6.45) is 7.61. The molecule has 0 bridgehead atoms. The molecule has 0 amide bonds. The minimum atomic E-state index is -0.134. The Labute approximate surface area is 206 Å². The topological polar surface area (TPSA) is 58.1 Å². The van der Waals surface area contributed by atoms with E-state index in [2.05, 4.69) is 16.8 Å². The number of H-pyrrole nitrogens is 1. The van der Waals surface area contributed by atoms with Crippen LogP contribution in [0.4, 0.5) is 0 Å². The predicted molar refractivity (Wildman–Crippen MR) is 141 cm³/mol. The summed E-state index contributed by atoms with van der Waals surface area (Å²) in [5, 5.41) is 0.549. The highest BCUT2D eigenvalue weighted by Gasteiger charge is 2.20. The first kappa shape index (κ1) is 24.6. The third kappa shape index (κ3) is 5.73. The molecule has 180 valence electrons. The second-order valence-corrected chi connectivity index (χ2v) is 9.93. The first-order chi connectivity index (χ1) is 16.5. The minimum Gasteiger partial charge on any atom is -0.332 e. The second-order valence-electron chi connectivity index (χ2n) is 9.54. The van der Waals surface area contributed by atoms with Crippen LogP contribution in [-0.2, 0) is 6.54 Å². The summed E-state index contributed by atoms with van der Waals surface area (Å²) in [6, 6.07) is 14.1. The maximum Gasteiger partial charge on any atom is 0.262 e. The molecule has 1 aromatic heterocycles. The number of hydrogen-bond donors (Lipinski definition) is 1. The summed E-state index contributed by atoms with van der Waals surface area (Å²) in [4.78, 5) is 31.7. The van der Waals surface area contributed by atoms with Crippen molar-refractivity contribution >= 4 is 28.9 Å². The molecule has 5 nitrogen and oxygen atoms in total. The van der Waals surface area contributed by atoms with E-state index in [0.717, 1.165) is 24.9 Å². The molecule has 2 aromatic carbocycles. The fraction of sp³-hybridized carbons (Fsp3) is 0.464. The fourth-order valence-electron chi connectivity index (χ4n) is 5.01. The van der Waals surface area contributed by atoms with Crippen LogP contribution in [0, 0.1) is 11.7 Å². The monoisotopic (exact) mass is 477 g/mol. The Morgan fingerprint density at radius 1 is 1.12 bits per heavy atom. The van der Waals surface area contributed by atoms with Crippen LogP contribution in [0.5, 0.6) is 0 Å². The molecule has 6 heteroatoms. The average molecular weight is 478 g/mol. The Morgan fingerprint density at radius 3 is 2.68 bits per heavy atom. The van der Waals surface area contributed by atoms with E-state index in [0.29, 0.717) is 40.2 Å². The fourth-order valence-corrected chi connectivity index (χ4v) is 5.27. The number of unbranched alkanes of at least 4 members (excludes halogenated alkanes) is 1. The highest BCUT2D eigenvalue weighted by atomic mass is 32.1. The van der Waals surface area contributed by atoms with E-state index < -0.39 is 0 Å². The number of hydrogen-bond acceptors (Lipinski definition) is 4. The lowest BCUT2D eigenvalue weighted by Crippen LogP contribution is -2.39. The molecular formula is C28H35N3O2S. The van der Waals surface area contributed by atoms with Crippen LogP contribution >= 0.6 is 12.2 Å². The number of nitrogens with one attached hydrogen (secondary N) is 1. The lowest BCUT2D eigenvalue weighted by molar-refractivity contribution is 0.0973. The van der Waals surface area contributed by atoms with E-state index in [-0.39, 0.29) is 11.3 Å². The van der Waals surface area contributed by atoms with Crippen molar-refractivity contribution in [3.8, 4) is 0 Å². The zero-order valence-corrected chi connectivity index (χ0v) is 21.1. The standard InChI is InChI=1S/C28H35N3O2S/c1-3-23-8-4-6-16-30(23)17-7-5-9-26(32)22-14-15-24-25(18-22)29-28(34)31(27(24)33)19-21-12-10-20(2)11-13-21/h10-15,18,23H,3-9,16-17,19H2,1-2H3,(H,29,34).